The van der Waals surface area contributed by atoms with Gasteiger partial charge in [-0.25, -0.2) is 15.0 Å². The fourth-order valence-electron chi connectivity index (χ4n) is 2.23. The van der Waals surface area contributed by atoms with Crippen LogP contribution in [-0.2, 0) is 6.42 Å². The van der Waals surface area contributed by atoms with E-state index in [0.29, 0.717) is 17.4 Å². The number of hydrogen-bond acceptors (Lipinski definition) is 5. The van der Waals surface area contributed by atoms with Gasteiger partial charge >= 0.3 is 0 Å². The Hall–Kier alpha value is -1.88. The highest BCUT2D eigenvalue weighted by Gasteiger charge is 2.10. The third-order valence-electron chi connectivity index (χ3n) is 3.32. The molecule has 0 amide bonds. The summed E-state index contributed by atoms with van der Waals surface area (Å²) in [7, 11) is 0. The highest BCUT2D eigenvalue weighted by atomic mass is 14.9. The normalized spacial score (nSPS) is 11.1. The highest BCUT2D eigenvalue weighted by Crippen LogP contribution is 2.16. The number of aromatic nitrogens is 4. The van der Waals surface area contributed by atoms with E-state index in [9.17, 15) is 0 Å². The van der Waals surface area contributed by atoms with E-state index in [1.165, 1.54) is 5.56 Å². The van der Waals surface area contributed by atoms with Gasteiger partial charge in [-0.1, -0.05) is 13.8 Å². The highest BCUT2D eigenvalue weighted by molar-refractivity contribution is 5.48. The number of aryl methyl sites for hydroxylation is 2. The van der Waals surface area contributed by atoms with Gasteiger partial charge in [-0.05, 0) is 44.8 Å². The Bertz CT molecular complexity index is 557. The molecule has 21 heavy (non-hydrogen) atoms. The van der Waals surface area contributed by atoms with E-state index in [2.05, 4.69) is 39.1 Å². The summed E-state index contributed by atoms with van der Waals surface area (Å²) in [6, 6.07) is 0. The molecule has 5 nitrogen and oxygen atoms in total. The van der Waals surface area contributed by atoms with E-state index in [1.54, 1.807) is 18.6 Å². The molecule has 0 saturated carbocycles. The first-order valence-corrected chi connectivity index (χ1v) is 7.39. The Balaban J connectivity index is 2.11. The minimum absolute atomic E-state index is 0.650. The summed E-state index contributed by atoms with van der Waals surface area (Å²) in [5, 5.41) is 3.46. The van der Waals surface area contributed by atoms with Gasteiger partial charge in [0.2, 0.25) is 0 Å². The first-order valence-electron chi connectivity index (χ1n) is 7.39. The molecule has 2 aromatic heterocycles. The smallest absolute Gasteiger partial charge is 0.180 e. The predicted molar refractivity (Wildman–Crippen MR) is 83.9 cm³/mol. The van der Waals surface area contributed by atoms with Gasteiger partial charge in [0, 0.05) is 23.8 Å². The van der Waals surface area contributed by atoms with Crippen molar-refractivity contribution >= 4 is 0 Å². The zero-order chi connectivity index (χ0) is 15.2. The Morgan fingerprint density at radius 3 is 2.38 bits per heavy atom. The van der Waals surface area contributed by atoms with E-state index < -0.39 is 0 Å². The molecule has 0 spiro atoms. The van der Waals surface area contributed by atoms with Gasteiger partial charge in [-0.3, -0.25) is 4.98 Å². The summed E-state index contributed by atoms with van der Waals surface area (Å²) >= 11 is 0. The van der Waals surface area contributed by atoms with Gasteiger partial charge in [-0.15, -0.1) is 0 Å². The zero-order valence-electron chi connectivity index (χ0n) is 13.2. The average molecular weight is 285 g/mol. The van der Waals surface area contributed by atoms with Crippen LogP contribution in [0, 0.1) is 19.8 Å². The lowest BCUT2D eigenvalue weighted by Crippen LogP contribution is -2.23. The van der Waals surface area contributed by atoms with Crippen LogP contribution >= 0.6 is 0 Å². The van der Waals surface area contributed by atoms with Crippen molar-refractivity contribution in [1.29, 1.82) is 0 Å². The predicted octanol–water partition coefficient (Wildman–Crippen LogP) is 2.34. The second-order valence-corrected chi connectivity index (χ2v) is 5.64. The number of hydrogen-bond donors (Lipinski definition) is 1. The van der Waals surface area contributed by atoms with Crippen LogP contribution in [0.3, 0.4) is 0 Å². The van der Waals surface area contributed by atoms with Crippen molar-refractivity contribution < 1.29 is 0 Å². The van der Waals surface area contributed by atoms with Crippen molar-refractivity contribution in [3.63, 3.8) is 0 Å². The monoisotopic (exact) mass is 285 g/mol. The first kappa shape index (κ1) is 15.5. The molecule has 0 radical (unpaired) electrons. The molecule has 112 valence electrons. The molecule has 0 aliphatic rings. The van der Waals surface area contributed by atoms with Crippen molar-refractivity contribution in [3.05, 3.63) is 35.5 Å². The van der Waals surface area contributed by atoms with E-state index in [1.807, 2.05) is 13.8 Å². The zero-order valence-corrected chi connectivity index (χ0v) is 13.2. The van der Waals surface area contributed by atoms with Crippen LogP contribution in [0.25, 0.3) is 11.5 Å². The molecule has 0 fully saturated rings. The molecule has 0 bridgehead atoms. The first-order chi connectivity index (χ1) is 10.1. The van der Waals surface area contributed by atoms with Crippen LogP contribution in [0.2, 0.25) is 0 Å². The second-order valence-electron chi connectivity index (χ2n) is 5.64. The van der Waals surface area contributed by atoms with E-state index in [4.69, 9.17) is 0 Å². The quantitative estimate of drug-likeness (QED) is 0.825. The van der Waals surface area contributed by atoms with Crippen LogP contribution in [0.5, 0.6) is 0 Å². The molecule has 1 N–H and O–H groups in total. The second kappa shape index (κ2) is 7.22. The van der Waals surface area contributed by atoms with Crippen molar-refractivity contribution in [2.45, 2.75) is 34.1 Å². The molecule has 2 heterocycles. The lowest BCUT2D eigenvalue weighted by molar-refractivity contribution is 0.553. The standard InChI is InChI=1S/C16H23N5/c1-11(2)9-17-6-5-14-12(3)20-16(21-13(14)4)15-10-18-7-8-19-15/h7-8,10-11,17H,5-6,9H2,1-4H3. The van der Waals surface area contributed by atoms with Gasteiger partial charge in [-0.2, -0.15) is 0 Å². The number of rotatable bonds is 6. The molecule has 2 aromatic rings. The summed E-state index contributed by atoms with van der Waals surface area (Å²) in [4.78, 5) is 17.5. The summed E-state index contributed by atoms with van der Waals surface area (Å²) in [5.41, 5.74) is 3.98. The lowest BCUT2D eigenvalue weighted by Gasteiger charge is -2.12. The Morgan fingerprint density at radius 1 is 1.10 bits per heavy atom. The number of nitrogens with zero attached hydrogens (tertiary/aromatic N) is 4. The van der Waals surface area contributed by atoms with Crippen LogP contribution in [0.4, 0.5) is 0 Å². The minimum atomic E-state index is 0.650. The van der Waals surface area contributed by atoms with Gasteiger partial charge in [0.05, 0.1) is 6.20 Å². The van der Waals surface area contributed by atoms with Crippen molar-refractivity contribution in [3.8, 4) is 11.5 Å². The molecule has 0 aromatic carbocycles. The van der Waals surface area contributed by atoms with Crippen molar-refractivity contribution in [2.24, 2.45) is 5.92 Å². The molecule has 0 aliphatic heterocycles. The average Bonchev–Trinajstić information content (AvgIpc) is 2.46. The van der Waals surface area contributed by atoms with Gasteiger partial charge in [0.25, 0.3) is 0 Å². The fourth-order valence-corrected chi connectivity index (χ4v) is 2.23. The summed E-state index contributed by atoms with van der Waals surface area (Å²) in [6.07, 6.45) is 5.95. The summed E-state index contributed by atoms with van der Waals surface area (Å²) in [5.74, 6) is 1.32. The summed E-state index contributed by atoms with van der Waals surface area (Å²) in [6.45, 7) is 10.5. The van der Waals surface area contributed by atoms with Crippen molar-refractivity contribution in [2.75, 3.05) is 13.1 Å². The van der Waals surface area contributed by atoms with Gasteiger partial charge in [0.1, 0.15) is 5.69 Å². The summed E-state index contributed by atoms with van der Waals surface area (Å²) < 4.78 is 0. The van der Waals surface area contributed by atoms with Crippen LogP contribution in [0.15, 0.2) is 18.6 Å². The van der Waals surface area contributed by atoms with Gasteiger partial charge in [0.15, 0.2) is 5.82 Å². The molecule has 2 rings (SSSR count). The molecule has 0 aliphatic carbocycles. The van der Waals surface area contributed by atoms with E-state index in [0.717, 1.165) is 30.9 Å². The molecule has 0 unspecified atom stereocenters. The van der Waals surface area contributed by atoms with Crippen LogP contribution in [-0.4, -0.2) is 33.0 Å². The van der Waals surface area contributed by atoms with Crippen molar-refractivity contribution in [1.82, 2.24) is 25.3 Å². The molecule has 0 saturated heterocycles. The van der Waals surface area contributed by atoms with E-state index in [-0.39, 0.29) is 0 Å². The maximum Gasteiger partial charge on any atom is 0.180 e. The van der Waals surface area contributed by atoms with Crippen LogP contribution in [0.1, 0.15) is 30.8 Å². The fraction of sp³-hybridized carbons (Fsp3) is 0.500. The molecule has 5 heteroatoms. The molecular weight excluding hydrogens is 262 g/mol. The topological polar surface area (TPSA) is 63.6 Å². The van der Waals surface area contributed by atoms with E-state index >= 15 is 0 Å². The third kappa shape index (κ3) is 4.29. The Kier molecular flexibility index (Phi) is 5.33. The van der Waals surface area contributed by atoms with Crippen LogP contribution < -0.4 is 5.32 Å². The maximum atomic E-state index is 4.58. The third-order valence-corrected chi connectivity index (χ3v) is 3.32. The maximum absolute atomic E-state index is 4.58. The largest absolute Gasteiger partial charge is 0.316 e. The minimum Gasteiger partial charge on any atom is -0.316 e. The molecular formula is C16H23N5. The molecule has 0 atom stereocenters. The lowest BCUT2D eigenvalue weighted by atomic mass is 10.1. The SMILES string of the molecule is Cc1nc(-c2cnccn2)nc(C)c1CCNCC(C)C. The Labute approximate surface area is 126 Å². The number of nitrogens with one attached hydrogen (secondary N) is 1. The van der Waals surface area contributed by atoms with Gasteiger partial charge < -0.3 is 5.32 Å². The Morgan fingerprint density at radius 2 is 1.81 bits per heavy atom.